The summed E-state index contributed by atoms with van der Waals surface area (Å²) >= 11 is 6.01. The van der Waals surface area contributed by atoms with E-state index in [1.54, 1.807) is 24.3 Å². The van der Waals surface area contributed by atoms with Crippen molar-refractivity contribution < 1.29 is 22.7 Å². The Balaban J connectivity index is 1.55. The zero-order valence-electron chi connectivity index (χ0n) is 16.6. The molecule has 1 saturated heterocycles. The molecule has 0 saturated carbocycles. The van der Waals surface area contributed by atoms with Gasteiger partial charge in [0.25, 0.3) is 5.91 Å². The van der Waals surface area contributed by atoms with Crippen LogP contribution in [0.5, 0.6) is 11.5 Å². The Labute approximate surface area is 181 Å². The van der Waals surface area contributed by atoms with Crippen molar-refractivity contribution in [2.24, 2.45) is 0 Å². The van der Waals surface area contributed by atoms with Gasteiger partial charge in [0.15, 0.2) is 6.10 Å². The fourth-order valence-electron chi connectivity index (χ4n) is 3.78. The molecular formula is C21H23ClN2O5S. The fourth-order valence-corrected chi connectivity index (χ4v) is 5.51. The SMILES string of the molecule is COc1ccc(S(=O)(=O)N2CCCCC2)cc1NC(=O)C1Cc2cc(Cl)ccc2O1. The van der Waals surface area contributed by atoms with E-state index in [0.29, 0.717) is 36.0 Å². The van der Waals surface area contributed by atoms with Crippen LogP contribution in [0.15, 0.2) is 41.3 Å². The highest BCUT2D eigenvalue weighted by atomic mass is 35.5. The monoisotopic (exact) mass is 450 g/mol. The number of hydrogen-bond acceptors (Lipinski definition) is 5. The van der Waals surface area contributed by atoms with Crippen molar-refractivity contribution in [3.63, 3.8) is 0 Å². The van der Waals surface area contributed by atoms with Crippen LogP contribution in [0.2, 0.25) is 5.02 Å². The first-order valence-corrected chi connectivity index (χ1v) is 11.6. The van der Waals surface area contributed by atoms with Gasteiger partial charge in [0.05, 0.1) is 17.7 Å². The topological polar surface area (TPSA) is 84.9 Å². The van der Waals surface area contributed by atoms with Crippen LogP contribution in [0.1, 0.15) is 24.8 Å². The summed E-state index contributed by atoms with van der Waals surface area (Å²) in [6, 6.07) is 9.71. The third-order valence-electron chi connectivity index (χ3n) is 5.37. The molecule has 2 aromatic carbocycles. The fraction of sp³-hybridized carbons (Fsp3) is 0.381. The molecule has 160 valence electrons. The van der Waals surface area contributed by atoms with E-state index in [0.717, 1.165) is 24.8 Å². The number of rotatable bonds is 5. The molecule has 1 N–H and O–H groups in total. The normalized spacial score (nSPS) is 19.1. The van der Waals surface area contributed by atoms with E-state index in [1.165, 1.54) is 23.5 Å². The van der Waals surface area contributed by atoms with Gasteiger partial charge in [0.2, 0.25) is 10.0 Å². The second kappa shape index (κ2) is 8.45. The zero-order chi connectivity index (χ0) is 21.3. The first-order chi connectivity index (χ1) is 14.4. The van der Waals surface area contributed by atoms with E-state index in [1.807, 2.05) is 0 Å². The van der Waals surface area contributed by atoms with Gasteiger partial charge in [-0.3, -0.25) is 4.79 Å². The quantitative estimate of drug-likeness (QED) is 0.754. The van der Waals surface area contributed by atoms with Gasteiger partial charge in [-0.05, 0) is 54.8 Å². The highest BCUT2D eigenvalue weighted by Crippen LogP contribution is 2.33. The van der Waals surface area contributed by atoms with Crippen molar-refractivity contribution in [3.8, 4) is 11.5 Å². The van der Waals surface area contributed by atoms with Crippen LogP contribution in [-0.4, -0.2) is 44.9 Å². The summed E-state index contributed by atoms with van der Waals surface area (Å²) < 4.78 is 38.5. The number of hydrogen-bond donors (Lipinski definition) is 1. The molecule has 1 fully saturated rings. The van der Waals surface area contributed by atoms with Gasteiger partial charge in [-0.15, -0.1) is 0 Å². The van der Waals surface area contributed by atoms with Gasteiger partial charge < -0.3 is 14.8 Å². The molecule has 30 heavy (non-hydrogen) atoms. The summed E-state index contributed by atoms with van der Waals surface area (Å²) in [5.74, 6) is 0.612. The van der Waals surface area contributed by atoms with E-state index in [9.17, 15) is 13.2 Å². The minimum Gasteiger partial charge on any atom is -0.495 e. The molecule has 9 heteroatoms. The molecule has 4 rings (SSSR count). The molecule has 0 bridgehead atoms. The van der Waals surface area contributed by atoms with Gasteiger partial charge in [-0.25, -0.2) is 8.42 Å². The van der Waals surface area contributed by atoms with Crippen LogP contribution in [0.3, 0.4) is 0 Å². The summed E-state index contributed by atoms with van der Waals surface area (Å²) in [7, 11) is -2.17. The van der Waals surface area contributed by atoms with Crippen LogP contribution in [0.4, 0.5) is 5.69 Å². The Kier molecular flexibility index (Phi) is 5.90. The van der Waals surface area contributed by atoms with Gasteiger partial charge in [0.1, 0.15) is 11.5 Å². The van der Waals surface area contributed by atoms with Crippen molar-refractivity contribution in [3.05, 3.63) is 47.0 Å². The highest BCUT2D eigenvalue weighted by molar-refractivity contribution is 7.89. The molecule has 7 nitrogen and oxygen atoms in total. The molecule has 2 aliphatic heterocycles. The molecule has 1 atom stereocenters. The number of benzene rings is 2. The first kappa shape index (κ1) is 21.0. The number of carbonyl (C=O) groups is 1. The number of fused-ring (bicyclic) bond motifs is 1. The van der Waals surface area contributed by atoms with Gasteiger partial charge in [-0.1, -0.05) is 18.0 Å². The first-order valence-electron chi connectivity index (χ1n) is 9.82. The number of ether oxygens (including phenoxy) is 2. The number of methoxy groups -OCH3 is 1. The molecule has 1 amide bonds. The number of piperidine rings is 1. The minimum absolute atomic E-state index is 0.128. The third kappa shape index (κ3) is 4.12. The van der Waals surface area contributed by atoms with Crippen LogP contribution >= 0.6 is 11.6 Å². The lowest BCUT2D eigenvalue weighted by molar-refractivity contribution is -0.122. The maximum Gasteiger partial charge on any atom is 0.265 e. The molecule has 0 aliphatic carbocycles. The van der Waals surface area contributed by atoms with Crippen LogP contribution in [0.25, 0.3) is 0 Å². The molecule has 0 aromatic heterocycles. The lowest BCUT2D eigenvalue weighted by Crippen LogP contribution is -2.35. The van der Waals surface area contributed by atoms with Gasteiger partial charge in [0, 0.05) is 24.5 Å². The maximum absolute atomic E-state index is 13.0. The smallest absolute Gasteiger partial charge is 0.265 e. The Hall–Kier alpha value is -2.29. The van der Waals surface area contributed by atoms with Crippen molar-refractivity contribution in [1.29, 1.82) is 0 Å². The number of nitrogens with zero attached hydrogens (tertiary/aromatic N) is 1. The number of anilines is 1. The Bertz CT molecular complexity index is 1070. The third-order valence-corrected chi connectivity index (χ3v) is 7.50. The van der Waals surface area contributed by atoms with Gasteiger partial charge in [-0.2, -0.15) is 4.31 Å². The number of halogens is 1. The van der Waals surface area contributed by atoms with Crippen LogP contribution in [-0.2, 0) is 21.2 Å². The summed E-state index contributed by atoms with van der Waals surface area (Å²) in [6.07, 6.45) is 2.39. The predicted octanol–water partition coefficient (Wildman–Crippen LogP) is 3.47. The second-order valence-electron chi connectivity index (χ2n) is 7.38. The van der Waals surface area contributed by atoms with Crippen LogP contribution in [0, 0.1) is 0 Å². The van der Waals surface area contributed by atoms with Crippen molar-refractivity contribution in [1.82, 2.24) is 4.31 Å². The lowest BCUT2D eigenvalue weighted by Gasteiger charge is -2.26. The van der Waals surface area contributed by atoms with E-state index < -0.39 is 16.1 Å². The molecular weight excluding hydrogens is 428 g/mol. The molecule has 2 heterocycles. The molecule has 2 aliphatic rings. The van der Waals surface area contributed by atoms with Crippen LogP contribution < -0.4 is 14.8 Å². The number of nitrogens with one attached hydrogen (secondary N) is 1. The standard InChI is InChI=1S/C21H23ClN2O5S/c1-28-19-8-6-16(30(26,27)24-9-3-2-4-10-24)13-17(19)23-21(25)20-12-14-11-15(22)5-7-18(14)29-20/h5-8,11,13,20H,2-4,9-10,12H2,1H3,(H,23,25). The highest BCUT2D eigenvalue weighted by Gasteiger charge is 2.31. The van der Waals surface area contributed by atoms with Crippen molar-refractivity contribution in [2.45, 2.75) is 36.7 Å². The Morgan fingerprint density at radius 2 is 1.93 bits per heavy atom. The minimum atomic E-state index is -3.63. The Morgan fingerprint density at radius 3 is 2.67 bits per heavy atom. The number of sulfonamides is 1. The molecule has 2 aromatic rings. The van der Waals surface area contributed by atoms with E-state index in [-0.39, 0.29) is 16.5 Å². The lowest BCUT2D eigenvalue weighted by atomic mass is 10.1. The molecule has 0 spiro atoms. The van der Waals surface area contributed by atoms with E-state index in [2.05, 4.69) is 5.32 Å². The van der Waals surface area contributed by atoms with Crippen molar-refractivity contribution in [2.75, 3.05) is 25.5 Å². The maximum atomic E-state index is 13.0. The predicted molar refractivity (Wildman–Crippen MR) is 114 cm³/mol. The number of amides is 1. The zero-order valence-corrected chi connectivity index (χ0v) is 18.1. The summed E-state index contributed by atoms with van der Waals surface area (Å²) in [5, 5.41) is 3.34. The molecule has 1 unspecified atom stereocenters. The summed E-state index contributed by atoms with van der Waals surface area (Å²) in [6.45, 7) is 1.01. The average molecular weight is 451 g/mol. The van der Waals surface area contributed by atoms with Crippen molar-refractivity contribution >= 4 is 33.2 Å². The Morgan fingerprint density at radius 1 is 1.17 bits per heavy atom. The largest absolute Gasteiger partial charge is 0.495 e. The van der Waals surface area contributed by atoms with E-state index >= 15 is 0 Å². The summed E-state index contributed by atoms with van der Waals surface area (Å²) in [4.78, 5) is 12.9. The van der Waals surface area contributed by atoms with Gasteiger partial charge >= 0.3 is 0 Å². The number of carbonyl (C=O) groups excluding carboxylic acids is 1. The molecule has 0 radical (unpaired) electrons. The van der Waals surface area contributed by atoms with E-state index in [4.69, 9.17) is 21.1 Å². The second-order valence-corrected chi connectivity index (χ2v) is 9.75. The summed E-state index contributed by atoms with van der Waals surface area (Å²) in [5.41, 5.74) is 1.15. The average Bonchev–Trinajstić information content (AvgIpc) is 3.17.